The van der Waals surface area contributed by atoms with Crippen molar-refractivity contribution in [2.75, 3.05) is 0 Å². The van der Waals surface area contributed by atoms with Crippen molar-refractivity contribution in [3.8, 4) is 0 Å². The Morgan fingerprint density at radius 1 is 0.769 bits per heavy atom. The van der Waals surface area contributed by atoms with Crippen LogP contribution in [0.25, 0.3) is 24.3 Å². The maximum absolute atomic E-state index is 8.17. The van der Waals surface area contributed by atoms with Gasteiger partial charge in [-0.1, -0.05) is 12.7 Å². The van der Waals surface area contributed by atoms with Gasteiger partial charge < -0.3 is 19.9 Å². The normalized spacial score (nSPS) is 16.6. The summed E-state index contributed by atoms with van der Waals surface area (Å²) in [5.74, 6) is 0. The zero-order valence-corrected chi connectivity index (χ0v) is 14.6. The highest BCUT2D eigenvalue weighted by Crippen LogP contribution is 2.03. The van der Waals surface area contributed by atoms with E-state index in [4.69, 9.17) is 5.41 Å². The van der Waals surface area contributed by atoms with E-state index in [1.54, 1.807) is 6.08 Å². The second kappa shape index (κ2) is 6.41. The molecule has 4 rings (SSSR count). The molecule has 26 heavy (non-hydrogen) atoms. The molecule has 0 saturated carbocycles. The van der Waals surface area contributed by atoms with Gasteiger partial charge in [0.25, 0.3) is 0 Å². The molecule has 3 aromatic heterocycles. The summed E-state index contributed by atoms with van der Waals surface area (Å²) in [6, 6.07) is 12.3. The number of aromatic amines is 2. The molecular formula is C22H20N4. The number of hydrogen-bond donors (Lipinski definition) is 3. The highest BCUT2D eigenvalue weighted by molar-refractivity contribution is 6.15. The molecular weight excluding hydrogens is 320 g/mol. The Labute approximate surface area is 151 Å². The molecule has 0 fully saturated rings. The molecule has 0 unspecified atom stereocenters. The van der Waals surface area contributed by atoms with Gasteiger partial charge in [0.15, 0.2) is 0 Å². The topological polar surface area (TPSA) is 60.4 Å². The maximum Gasteiger partial charge on any atom is 0.0560 e. The zero-order valence-electron chi connectivity index (χ0n) is 14.6. The molecule has 0 spiro atoms. The Kier molecular flexibility index (Phi) is 3.93. The fourth-order valence-electron chi connectivity index (χ4n) is 3.01. The van der Waals surface area contributed by atoms with Gasteiger partial charge in [-0.05, 0) is 72.4 Å². The minimum Gasteiger partial charge on any atom is -0.355 e. The minimum absolute atomic E-state index is 0.430. The molecule has 0 saturated heterocycles. The third-order valence-corrected chi connectivity index (χ3v) is 4.40. The van der Waals surface area contributed by atoms with Crippen LogP contribution in [0.4, 0.5) is 0 Å². The molecule has 0 atom stereocenters. The molecule has 0 aliphatic carbocycles. The van der Waals surface area contributed by atoms with Crippen LogP contribution in [-0.4, -0.2) is 20.2 Å². The van der Waals surface area contributed by atoms with Crippen LogP contribution in [0.5, 0.6) is 0 Å². The van der Waals surface area contributed by atoms with Crippen LogP contribution in [0.15, 0.2) is 60.7 Å². The zero-order chi connectivity index (χ0) is 18.1. The lowest BCUT2D eigenvalue weighted by molar-refractivity contribution is 0.860. The first-order valence-corrected chi connectivity index (χ1v) is 8.45. The molecule has 0 amide bonds. The number of fused-ring (bicyclic) bond motifs is 6. The van der Waals surface area contributed by atoms with Gasteiger partial charge in [-0.25, -0.2) is 0 Å². The molecule has 4 nitrogen and oxygen atoms in total. The lowest BCUT2D eigenvalue weighted by Gasteiger charge is -1.95. The van der Waals surface area contributed by atoms with Crippen molar-refractivity contribution in [3.63, 3.8) is 0 Å². The Balaban J connectivity index is 1.94. The molecule has 0 aromatic carbocycles. The SMILES string of the molecule is C=C1C=c2cc/c([nH]2)=C/c2ccc([nH]2)C=c2ccc(n2C)=CC(=N)/C=C\1. The van der Waals surface area contributed by atoms with Crippen molar-refractivity contribution in [3.05, 3.63) is 93.5 Å². The van der Waals surface area contributed by atoms with E-state index in [0.29, 0.717) is 5.71 Å². The first-order valence-electron chi connectivity index (χ1n) is 8.45. The van der Waals surface area contributed by atoms with E-state index in [1.165, 1.54) is 0 Å². The summed E-state index contributed by atoms with van der Waals surface area (Å²) in [5, 5.41) is 12.2. The minimum atomic E-state index is 0.430. The van der Waals surface area contributed by atoms with Crippen molar-refractivity contribution in [2.24, 2.45) is 7.05 Å². The summed E-state index contributed by atoms with van der Waals surface area (Å²) in [6.45, 7) is 4.04. The lowest BCUT2D eigenvalue weighted by Crippen LogP contribution is -2.23. The van der Waals surface area contributed by atoms with Crippen molar-refractivity contribution < 1.29 is 0 Å². The molecule has 0 radical (unpaired) electrons. The monoisotopic (exact) mass is 340 g/mol. The summed E-state index contributed by atoms with van der Waals surface area (Å²) < 4.78 is 2.07. The van der Waals surface area contributed by atoms with Gasteiger partial charge in [0.2, 0.25) is 0 Å². The van der Waals surface area contributed by atoms with E-state index in [1.807, 2.05) is 43.5 Å². The van der Waals surface area contributed by atoms with Gasteiger partial charge >= 0.3 is 0 Å². The smallest absolute Gasteiger partial charge is 0.0560 e. The van der Waals surface area contributed by atoms with Crippen LogP contribution in [0.1, 0.15) is 11.4 Å². The van der Waals surface area contributed by atoms with Crippen molar-refractivity contribution in [2.45, 2.75) is 0 Å². The predicted octanol–water partition coefficient (Wildman–Crippen LogP) is 1.05. The third-order valence-electron chi connectivity index (χ3n) is 4.40. The van der Waals surface area contributed by atoms with Crippen LogP contribution in [0.2, 0.25) is 0 Å². The average Bonchev–Trinajstić information content (AvgIpc) is 3.31. The number of H-pyrrole nitrogens is 2. The fourth-order valence-corrected chi connectivity index (χ4v) is 3.01. The number of hydrogen-bond acceptors (Lipinski definition) is 1. The van der Waals surface area contributed by atoms with E-state index in [0.717, 1.165) is 38.4 Å². The van der Waals surface area contributed by atoms with Crippen molar-refractivity contribution >= 4 is 30.0 Å². The van der Waals surface area contributed by atoms with Crippen LogP contribution < -0.4 is 21.4 Å². The Bertz CT molecular complexity index is 1270. The lowest BCUT2D eigenvalue weighted by atomic mass is 10.2. The van der Waals surface area contributed by atoms with Gasteiger partial charge in [-0.2, -0.15) is 0 Å². The largest absolute Gasteiger partial charge is 0.355 e. The van der Waals surface area contributed by atoms with Gasteiger partial charge in [0.1, 0.15) is 0 Å². The first kappa shape index (κ1) is 16.0. The van der Waals surface area contributed by atoms with Gasteiger partial charge in [-0.3, -0.25) is 0 Å². The summed E-state index contributed by atoms with van der Waals surface area (Å²) >= 11 is 0. The van der Waals surface area contributed by atoms with Crippen molar-refractivity contribution in [1.82, 2.24) is 14.5 Å². The number of rotatable bonds is 0. The molecule has 128 valence electrons. The quantitative estimate of drug-likeness (QED) is 0.548. The highest BCUT2D eigenvalue weighted by Gasteiger charge is 1.97. The van der Waals surface area contributed by atoms with Gasteiger partial charge in [0, 0.05) is 39.8 Å². The molecule has 1 aliphatic rings. The molecule has 3 N–H and O–H groups in total. The Morgan fingerprint density at radius 2 is 1.42 bits per heavy atom. The summed E-state index contributed by atoms with van der Waals surface area (Å²) in [6.07, 6.45) is 11.6. The fraction of sp³-hybridized carbons (Fsp3) is 0.0455. The number of nitrogens with one attached hydrogen (secondary N) is 3. The summed E-state index contributed by atoms with van der Waals surface area (Å²) in [7, 11) is 2.01. The van der Waals surface area contributed by atoms with Gasteiger partial charge in [-0.15, -0.1) is 0 Å². The maximum atomic E-state index is 8.17. The van der Waals surface area contributed by atoms with E-state index >= 15 is 0 Å². The number of allylic oxidation sites excluding steroid dienone is 3. The van der Waals surface area contributed by atoms with Gasteiger partial charge in [0.05, 0.1) is 5.71 Å². The number of aromatic nitrogens is 3. The third kappa shape index (κ3) is 3.30. The van der Waals surface area contributed by atoms with Crippen LogP contribution >= 0.6 is 0 Å². The Hall–Kier alpha value is -3.53. The van der Waals surface area contributed by atoms with Crippen LogP contribution in [-0.2, 0) is 7.05 Å². The average molecular weight is 340 g/mol. The van der Waals surface area contributed by atoms with E-state index in [9.17, 15) is 0 Å². The van der Waals surface area contributed by atoms with Crippen molar-refractivity contribution in [1.29, 1.82) is 5.41 Å². The second-order valence-corrected chi connectivity index (χ2v) is 6.42. The van der Waals surface area contributed by atoms with Crippen LogP contribution in [0, 0.1) is 5.41 Å². The molecule has 1 aliphatic heterocycles. The summed E-state index contributed by atoms with van der Waals surface area (Å²) in [4.78, 5) is 6.77. The molecule has 4 heterocycles. The standard InChI is InChI=1S/C22H20N4/c1-15-3-4-16(23)12-21-9-10-22(26(21)2)14-20-8-7-19(25-20)13-18-6-5-17(11-15)24-18/h3-14,23-25H,1H2,2H3/b4-3-,17-11?,18-13-,21-12?,22-14?,23-16?. The van der Waals surface area contributed by atoms with E-state index < -0.39 is 0 Å². The highest BCUT2D eigenvalue weighted by atomic mass is 14.9. The van der Waals surface area contributed by atoms with E-state index in [-0.39, 0.29) is 0 Å². The van der Waals surface area contributed by atoms with Crippen LogP contribution in [0.3, 0.4) is 0 Å². The molecule has 4 heteroatoms. The Morgan fingerprint density at radius 3 is 2.19 bits per heavy atom. The number of nitrogens with zero attached hydrogens (tertiary/aromatic N) is 1. The second-order valence-electron chi connectivity index (χ2n) is 6.42. The molecule has 6 bridgehead atoms. The predicted molar refractivity (Wildman–Crippen MR) is 108 cm³/mol. The first-order chi connectivity index (χ1) is 12.6. The summed E-state index contributed by atoms with van der Waals surface area (Å²) in [5.41, 5.74) is 3.34. The molecule has 3 aromatic rings. The van der Waals surface area contributed by atoms with E-state index in [2.05, 4.69) is 51.5 Å².